The summed E-state index contributed by atoms with van der Waals surface area (Å²) in [7, 11) is 0. The van der Waals surface area contributed by atoms with Gasteiger partial charge in [-0.25, -0.2) is 4.39 Å². The van der Waals surface area contributed by atoms with Crippen LogP contribution in [0.25, 0.3) is 10.4 Å². The van der Waals surface area contributed by atoms with Crippen molar-refractivity contribution in [2.75, 3.05) is 13.1 Å². The van der Waals surface area contributed by atoms with Gasteiger partial charge in [0, 0.05) is 24.0 Å². The smallest absolute Gasteiger partial charge is 0.263 e. The summed E-state index contributed by atoms with van der Waals surface area (Å²) >= 11 is 1.49. The molecule has 5 heteroatoms. The van der Waals surface area contributed by atoms with Crippen LogP contribution in [-0.4, -0.2) is 29.9 Å². The third kappa shape index (κ3) is 3.52. The first-order chi connectivity index (χ1) is 11.5. The lowest BCUT2D eigenvalue weighted by Crippen LogP contribution is -2.42. The van der Waals surface area contributed by atoms with Crippen molar-refractivity contribution in [1.82, 2.24) is 4.90 Å². The van der Waals surface area contributed by atoms with Crippen LogP contribution in [-0.2, 0) is 0 Å². The first-order valence-electron chi connectivity index (χ1n) is 8.37. The molecule has 1 unspecified atom stereocenters. The minimum absolute atomic E-state index is 0.0968. The van der Waals surface area contributed by atoms with Gasteiger partial charge in [0.1, 0.15) is 5.82 Å². The van der Waals surface area contributed by atoms with Crippen LogP contribution in [0.2, 0.25) is 0 Å². The van der Waals surface area contributed by atoms with E-state index in [0.717, 1.165) is 46.8 Å². The van der Waals surface area contributed by atoms with Crippen molar-refractivity contribution in [2.24, 2.45) is 11.7 Å². The molecule has 0 saturated carbocycles. The predicted molar refractivity (Wildman–Crippen MR) is 96.7 cm³/mol. The molecule has 0 spiro atoms. The SMILES string of the molecule is Cc1cc(C(=O)N2CCC(C(C)N)CC2)sc1-c1ccc(F)cc1. The molecule has 1 aromatic heterocycles. The summed E-state index contributed by atoms with van der Waals surface area (Å²) in [6, 6.07) is 8.57. The zero-order valence-electron chi connectivity index (χ0n) is 14.1. The summed E-state index contributed by atoms with van der Waals surface area (Å²) < 4.78 is 13.1. The van der Waals surface area contributed by atoms with Gasteiger partial charge in [-0.3, -0.25) is 4.79 Å². The quantitative estimate of drug-likeness (QED) is 0.911. The highest BCUT2D eigenvalue weighted by Crippen LogP contribution is 2.33. The Labute approximate surface area is 146 Å². The standard InChI is InChI=1S/C19H23FN2OS/c1-12-11-17(24-18(12)15-3-5-16(20)6-4-15)19(23)22-9-7-14(8-10-22)13(2)21/h3-6,11,13-14H,7-10,21H2,1-2H3. The minimum atomic E-state index is -0.249. The number of carbonyl (C=O) groups is 1. The number of carbonyl (C=O) groups excluding carboxylic acids is 1. The van der Waals surface area contributed by atoms with Crippen LogP contribution in [0, 0.1) is 18.7 Å². The number of nitrogens with zero attached hydrogens (tertiary/aromatic N) is 1. The number of piperidine rings is 1. The number of amides is 1. The molecule has 3 rings (SSSR count). The zero-order chi connectivity index (χ0) is 17.3. The molecule has 2 heterocycles. The van der Waals surface area contributed by atoms with E-state index in [2.05, 4.69) is 0 Å². The average molecular weight is 346 g/mol. The predicted octanol–water partition coefficient (Wildman–Crippen LogP) is 4.06. The van der Waals surface area contributed by atoms with E-state index in [1.54, 1.807) is 12.1 Å². The second-order valence-corrected chi connectivity index (χ2v) is 7.67. The van der Waals surface area contributed by atoms with Crippen molar-refractivity contribution in [3.8, 4) is 10.4 Å². The molecule has 1 amide bonds. The van der Waals surface area contributed by atoms with Gasteiger partial charge >= 0.3 is 0 Å². The van der Waals surface area contributed by atoms with Gasteiger partial charge in [0.25, 0.3) is 5.91 Å². The molecule has 0 radical (unpaired) electrons. The van der Waals surface area contributed by atoms with Gasteiger partial charge < -0.3 is 10.6 Å². The molecular weight excluding hydrogens is 323 g/mol. The number of likely N-dealkylation sites (tertiary alicyclic amines) is 1. The molecule has 2 N–H and O–H groups in total. The van der Waals surface area contributed by atoms with Crippen LogP contribution in [0.1, 0.15) is 35.0 Å². The second-order valence-electron chi connectivity index (χ2n) is 6.62. The number of hydrogen-bond acceptors (Lipinski definition) is 3. The zero-order valence-corrected chi connectivity index (χ0v) is 14.9. The van der Waals surface area contributed by atoms with Crippen molar-refractivity contribution < 1.29 is 9.18 Å². The Bertz CT molecular complexity index is 715. The lowest BCUT2D eigenvalue weighted by atomic mass is 9.91. The van der Waals surface area contributed by atoms with E-state index in [-0.39, 0.29) is 17.8 Å². The molecule has 0 aliphatic carbocycles. The van der Waals surface area contributed by atoms with Crippen LogP contribution in [0.4, 0.5) is 4.39 Å². The average Bonchev–Trinajstić information content (AvgIpc) is 2.97. The fraction of sp³-hybridized carbons (Fsp3) is 0.421. The Balaban J connectivity index is 1.75. The Morgan fingerprint density at radius 1 is 1.29 bits per heavy atom. The summed E-state index contributed by atoms with van der Waals surface area (Å²) in [5.41, 5.74) is 7.98. The van der Waals surface area contributed by atoms with Gasteiger partial charge in [0.15, 0.2) is 0 Å². The van der Waals surface area contributed by atoms with Gasteiger partial charge in [-0.1, -0.05) is 12.1 Å². The highest BCUT2D eigenvalue weighted by molar-refractivity contribution is 7.17. The molecule has 24 heavy (non-hydrogen) atoms. The Morgan fingerprint density at radius 2 is 1.92 bits per heavy atom. The maximum atomic E-state index is 13.1. The van der Waals surface area contributed by atoms with Crippen LogP contribution in [0.5, 0.6) is 0 Å². The molecule has 1 aliphatic rings. The van der Waals surface area contributed by atoms with Crippen molar-refractivity contribution in [3.63, 3.8) is 0 Å². The summed E-state index contributed by atoms with van der Waals surface area (Å²) in [6.45, 7) is 5.58. The fourth-order valence-electron chi connectivity index (χ4n) is 3.26. The van der Waals surface area contributed by atoms with Gasteiger partial charge in [-0.2, -0.15) is 0 Å². The normalized spacial score (nSPS) is 17.1. The van der Waals surface area contributed by atoms with Crippen molar-refractivity contribution >= 4 is 17.2 Å². The molecule has 0 bridgehead atoms. The van der Waals surface area contributed by atoms with E-state index in [9.17, 15) is 9.18 Å². The van der Waals surface area contributed by atoms with E-state index in [1.165, 1.54) is 23.5 Å². The summed E-state index contributed by atoms with van der Waals surface area (Å²) in [5.74, 6) is 0.356. The maximum absolute atomic E-state index is 13.1. The fourth-order valence-corrected chi connectivity index (χ4v) is 4.41. The molecule has 1 fully saturated rings. The van der Waals surface area contributed by atoms with E-state index in [0.29, 0.717) is 5.92 Å². The van der Waals surface area contributed by atoms with Crippen molar-refractivity contribution in [2.45, 2.75) is 32.7 Å². The Morgan fingerprint density at radius 3 is 2.50 bits per heavy atom. The molecular formula is C19H23FN2OS. The Kier molecular flexibility index (Phi) is 5.01. The summed E-state index contributed by atoms with van der Waals surface area (Å²) in [5, 5.41) is 0. The molecule has 1 atom stereocenters. The minimum Gasteiger partial charge on any atom is -0.338 e. The van der Waals surface area contributed by atoms with Crippen LogP contribution in [0.15, 0.2) is 30.3 Å². The lowest BCUT2D eigenvalue weighted by Gasteiger charge is -2.33. The third-order valence-corrected chi connectivity index (χ3v) is 6.08. The number of aryl methyl sites for hydroxylation is 1. The molecule has 1 aromatic carbocycles. The highest BCUT2D eigenvalue weighted by atomic mass is 32.1. The highest BCUT2D eigenvalue weighted by Gasteiger charge is 2.26. The first kappa shape index (κ1) is 17.1. The second kappa shape index (κ2) is 7.03. The van der Waals surface area contributed by atoms with Gasteiger partial charge in [-0.15, -0.1) is 11.3 Å². The van der Waals surface area contributed by atoms with Crippen LogP contribution < -0.4 is 5.73 Å². The monoisotopic (exact) mass is 346 g/mol. The number of halogens is 1. The summed E-state index contributed by atoms with van der Waals surface area (Å²) in [6.07, 6.45) is 1.94. The van der Waals surface area contributed by atoms with E-state index in [1.807, 2.05) is 24.8 Å². The van der Waals surface area contributed by atoms with Crippen molar-refractivity contribution in [3.05, 3.63) is 46.6 Å². The van der Waals surface area contributed by atoms with Gasteiger partial charge in [0.2, 0.25) is 0 Å². The summed E-state index contributed by atoms with van der Waals surface area (Å²) in [4.78, 5) is 16.5. The Hall–Kier alpha value is -1.72. The van der Waals surface area contributed by atoms with E-state index < -0.39 is 0 Å². The third-order valence-electron chi connectivity index (χ3n) is 4.81. The number of thiophene rings is 1. The van der Waals surface area contributed by atoms with Gasteiger partial charge in [-0.05, 0) is 61.9 Å². The van der Waals surface area contributed by atoms with E-state index in [4.69, 9.17) is 5.73 Å². The molecule has 2 aromatic rings. The molecule has 3 nitrogen and oxygen atoms in total. The molecule has 1 saturated heterocycles. The van der Waals surface area contributed by atoms with E-state index >= 15 is 0 Å². The van der Waals surface area contributed by atoms with Crippen molar-refractivity contribution in [1.29, 1.82) is 0 Å². The number of rotatable bonds is 3. The lowest BCUT2D eigenvalue weighted by molar-refractivity contribution is 0.0686. The topological polar surface area (TPSA) is 46.3 Å². The number of hydrogen-bond donors (Lipinski definition) is 1. The molecule has 128 valence electrons. The first-order valence-corrected chi connectivity index (χ1v) is 9.18. The van der Waals surface area contributed by atoms with Crippen LogP contribution in [0.3, 0.4) is 0 Å². The maximum Gasteiger partial charge on any atom is 0.263 e. The largest absolute Gasteiger partial charge is 0.338 e. The van der Waals surface area contributed by atoms with Gasteiger partial charge in [0.05, 0.1) is 4.88 Å². The number of benzene rings is 1. The molecule has 1 aliphatic heterocycles. The number of nitrogens with two attached hydrogens (primary N) is 1. The van der Waals surface area contributed by atoms with Crippen LogP contribution >= 0.6 is 11.3 Å².